The summed E-state index contributed by atoms with van der Waals surface area (Å²) >= 11 is 0. The molecule has 2 aromatic heterocycles. The van der Waals surface area contributed by atoms with Crippen LogP contribution in [0.15, 0.2) is 24.5 Å². The highest BCUT2D eigenvalue weighted by Gasteiger charge is 2.25. The molecule has 0 amide bonds. The van der Waals surface area contributed by atoms with Gasteiger partial charge in [0.15, 0.2) is 22.6 Å². The molecule has 1 aliphatic rings. The van der Waals surface area contributed by atoms with Crippen molar-refractivity contribution in [2.24, 2.45) is 0 Å². The number of aromatic nitrogens is 4. The first-order valence-electron chi connectivity index (χ1n) is 9.96. The highest BCUT2D eigenvalue weighted by atomic mass is 16.5. The molecule has 1 fully saturated rings. The number of aromatic amines is 1. The van der Waals surface area contributed by atoms with Crippen molar-refractivity contribution in [1.29, 1.82) is 5.41 Å². The number of imidazole rings is 1. The molecule has 29 heavy (non-hydrogen) atoms. The molecular formula is C21H27N5O3. The molecule has 2 unspecified atom stereocenters. The number of nitrogens with zero attached hydrogens (tertiary/aromatic N) is 3. The summed E-state index contributed by atoms with van der Waals surface area (Å²) in [5.74, 6) is 2.43. The van der Waals surface area contributed by atoms with Gasteiger partial charge in [0.05, 0.1) is 26.1 Å². The number of hydrogen-bond donors (Lipinski definition) is 3. The maximum atomic E-state index is 9.77. The van der Waals surface area contributed by atoms with E-state index < -0.39 is 0 Å². The van der Waals surface area contributed by atoms with Crippen LogP contribution in [0, 0.1) is 5.41 Å². The highest BCUT2D eigenvalue weighted by Crippen LogP contribution is 2.33. The van der Waals surface area contributed by atoms with Crippen molar-refractivity contribution in [3.63, 3.8) is 0 Å². The topological polar surface area (TPSA) is 109 Å². The third-order valence-electron chi connectivity index (χ3n) is 5.32. The molecule has 3 aromatic rings. The number of ether oxygens (including phenoxy) is 2. The standard InChI is InChI=1S/C21H27N5O3/c1-12(2)20-24-18-19(22)23-11-26(21(18)25-20)10-13-4-7-16(28-3)17(8-13)29-15-6-5-14(27)9-15/h4,7-8,11-12,14-15,22,27H,5-6,9-10H2,1-3H3,(H,24,25). The molecule has 0 spiro atoms. The fraction of sp³-hybridized carbons (Fsp3) is 0.476. The van der Waals surface area contributed by atoms with Crippen LogP contribution >= 0.6 is 0 Å². The van der Waals surface area contributed by atoms with E-state index in [1.54, 1.807) is 13.4 Å². The summed E-state index contributed by atoms with van der Waals surface area (Å²) in [5, 5.41) is 17.8. The molecule has 4 rings (SSSR count). The van der Waals surface area contributed by atoms with Gasteiger partial charge in [0.25, 0.3) is 0 Å². The van der Waals surface area contributed by atoms with Gasteiger partial charge in [-0.25, -0.2) is 9.97 Å². The molecule has 154 valence electrons. The van der Waals surface area contributed by atoms with Crippen molar-refractivity contribution < 1.29 is 14.6 Å². The van der Waals surface area contributed by atoms with E-state index in [1.807, 2.05) is 22.8 Å². The Morgan fingerprint density at radius 1 is 1.31 bits per heavy atom. The number of hydrogen-bond acceptors (Lipinski definition) is 6. The van der Waals surface area contributed by atoms with E-state index in [4.69, 9.17) is 14.9 Å². The second-order valence-electron chi connectivity index (χ2n) is 7.89. The predicted octanol–water partition coefficient (Wildman–Crippen LogP) is 2.71. The Labute approximate surface area is 169 Å². The number of aliphatic hydroxyl groups excluding tert-OH is 1. The Kier molecular flexibility index (Phi) is 5.27. The molecule has 0 radical (unpaired) electrons. The lowest BCUT2D eigenvalue weighted by atomic mass is 10.2. The number of H-pyrrole nitrogens is 1. The van der Waals surface area contributed by atoms with Gasteiger partial charge in [0.2, 0.25) is 0 Å². The van der Waals surface area contributed by atoms with E-state index in [-0.39, 0.29) is 23.6 Å². The van der Waals surface area contributed by atoms with E-state index in [1.165, 1.54) is 0 Å². The van der Waals surface area contributed by atoms with Gasteiger partial charge in [-0.2, -0.15) is 0 Å². The van der Waals surface area contributed by atoms with Gasteiger partial charge in [0.1, 0.15) is 17.4 Å². The highest BCUT2D eigenvalue weighted by molar-refractivity contribution is 5.69. The Bertz CT molecular complexity index is 1070. The minimum atomic E-state index is -0.290. The largest absolute Gasteiger partial charge is 0.493 e. The van der Waals surface area contributed by atoms with E-state index in [9.17, 15) is 5.11 Å². The van der Waals surface area contributed by atoms with Crippen LogP contribution in [0.5, 0.6) is 11.5 Å². The molecule has 0 saturated heterocycles. The number of nitrogens with one attached hydrogen (secondary N) is 2. The normalized spacial score (nSPS) is 19.2. The lowest BCUT2D eigenvalue weighted by Gasteiger charge is -2.17. The third-order valence-corrected chi connectivity index (χ3v) is 5.32. The lowest BCUT2D eigenvalue weighted by molar-refractivity contribution is 0.147. The molecule has 3 N–H and O–H groups in total. The average molecular weight is 397 g/mol. The molecule has 1 saturated carbocycles. The Morgan fingerprint density at radius 2 is 2.14 bits per heavy atom. The van der Waals surface area contributed by atoms with Gasteiger partial charge in [-0.15, -0.1) is 0 Å². The Hall–Kier alpha value is -2.87. The summed E-state index contributed by atoms with van der Waals surface area (Å²) < 4.78 is 13.5. The van der Waals surface area contributed by atoms with Gasteiger partial charge in [-0.05, 0) is 30.5 Å². The summed E-state index contributed by atoms with van der Waals surface area (Å²) in [7, 11) is 1.62. The zero-order valence-corrected chi connectivity index (χ0v) is 17.0. The van der Waals surface area contributed by atoms with Crippen molar-refractivity contribution in [3.8, 4) is 11.5 Å². The van der Waals surface area contributed by atoms with Crippen molar-refractivity contribution in [2.45, 2.75) is 57.8 Å². The maximum Gasteiger partial charge on any atom is 0.173 e. The molecule has 0 bridgehead atoms. The Balaban J connectivity index is 1.65. The zero-order chi connectivity index (χ0) is 20.5. The van der Waals surface area contributed by atoms with Crippen molar-refractivity contribution >= 4 is 11.2 Å². The zero-order valence-electron chi connectivity index (χ0n) is 17.0. The van der Waals surface area contributed by atoms with E-state index in [2.05, 4.69) is 28.8 Å². The summed E-state index contributed by atoms with van der Waals surface area (Å²) in [6.07, 6.45) is 3.60. The summed E-state index contributed by atoms with van der Waals surface area (Å²) in [6, 6.07) is 5.84. The molecule has 1 aromatic carbocycles. The van der Waals surface area contributed by atoms with Crippen LogP contribution < -0.4 is 15.0 Å². The first-order valence-corrected chi connectivity index (χ1v) is 9.96. The van der Waals surface area contributed by atoms with Crippen LogP contribution in [0.3, 0.4) is 0 Å². The quantitative estimate of drug-likeness (QED) is 0.593. The predicted molar refractivity (Wildman–Crippen MR) is 108 cm³/mol. The van der Waals surface area contributed by atoms with Gasteiger partial charge in [-0.3, -0.25) is 5.41 Å². The van der Waals surface area contributed by atoms with Crippen LogP contribution in [-0.4, -0.2) is 43.9 Å². The van der Waals surface area contributed by atoms with Crippen LogP contribution in [0.2, 0.25) is 0 Å². The maximum absolute atomic E-state index is 9.77. The first kappa shape index (κ1) is 19.4. The van der Waals surface area contributed by atoms with Crippen molar-refractivity contribution in [3.05, 3.63) is 41.4 Å². The molecule has 8 nitrogen and oxygen atoms in total. The number of rotatable bonds is 6. The van der Waals surface area contributed by atoms with Crippen molar-refractivity contribution in [2.75, 3.05) is 7.11 Å². The number of aliphatic hydroxyl groups is 1. The number of fused-ring (bicyclic) bond motifs is 1. The van der Waals surface area contributed by atoms with E-state index >= 15 is 0 Å². The SMILES string of the molecule is COc1ccc(Cn2cnc(=N)c3[nH]c(C(C)C)nc32)cc1OC1CCC(O)C1. The average Bonchev–Trinajstić information content (AvgIpc) is 3.32. The third kappa shape index (κ3) is 3.98. The monoisotopic (exact) mass is 397 g/mol. The van der Waals surface area contributed by atoms with Gasteiger partial charge in [0, 0.05) is 12.3 Å². The minimum Gasteiger partial charge on any atom is -0.493 e. The van der Waals surface area contributed by atoms with Gasteiger partial charge >= 0.3 is 0 Å². The molecule has 1 aliphatic carbocycles. The second kappa shape index (κ2) is 7.87. The minimum absolute atomic E-state index is 0.00212. The van der Waals surface area contributed by atoms with Crippen LogP contribution in [0.4, 0.5) is 0 Å². The van der Waals surface area contributed by atoms with Gasteiger partial charge in [-0.1, -0.05) is 19.9 Å². The molecule has 0 aliphatic heterocycles. The molecular weight excluding hydrogens is 370 g/mol. The summed E-state index contributed by atoms with van der Waals surface area (Å²) in [5.41, 5.74) is 2.56. The van der Waals surface area contributed by atoms with Crippen LogP contribution in [-0.2, 0) is 6.54 Å². The second-order valence-corrected chi connectivity index (χ2v) is 7.89. The fourth-order valence-corrected chi connectivity index (χ4v) is 3.70. The molecule has 2 atom stereocenters. The number of benzene rings is 1. The fourth-order valence-electron chi connectivity index (χ4n) is 3.70. The van der Waals surface area contributed by atoms with Gasteiger partial charge < -0.3 is 24.1 Å². The lowest BCUT2D eigenvalue weighted by Crippen LogP contribution is -2.15. The van der Waals surface area contributed by atoms with Crippen molar-refractivity contribution in [1.82, 2.24) is 19.5 Å². The first-order chi connectivity index (χ1) is 13.9. The molecule has 2 heterocycles. The smallest absolute Gasteiger partial charge is 0.173 e. The van der Waals surface area contributed by atoms with Crippen LogP contribution in [0.25, 0.3) is 11.2 Å². The van der Waals surface area contributed by atoms with E-state index in [0.717, 1.165) is 24.2 Å². The summed E-state index contributed by atoms with van der Waals surface area (Å²) in [6.45, 7) is 4.66. The number of methoxy groups -OCH3 is 1. The summed E-state index contributed by atoms with van der Waals surface area (Å²) in [4.78, 5) is 12.1. The molecule has 8 heteroatoms. The van der Waals surface area contributed by atoms with E-state index in [0.29, 0.717) is 35.6 Å². The Morgan fingerprint density at radius 3 is 2.83 bits per heavy atom. The van der Waals surface area contributed by atoms with Crippen LogP contribution in [0.1, 0.15) is 50.4 Å².